The summed E-state index contributed by atoms with van der Waals surface area (Å²) in [5, 5.41) is 8.12. The molecule has 0 bridgehead atoms. The molecule has 0 atom stereocenters. The van der Waals surface area contributed by atoms with E-state index in [1.165, 1.54) is 0 Å². The van der Waals surface area contributed by atoms with Gasteiger partial charge in [-0.3, -0.25) is 0 Å². The minimum atomic E-state index is -3.42. The van der Waals surface area contributed by atoms with Crippen molar-refractivity contribution in [2.45, 2.75) is 56.9 Å². The maximum atomic E-state index is 12.9. The van der Waals surface area contributed by atoms with E-state index < -0.39 is 10.0 Å². The van der Waals surface area contributed by atoms with Crippen molar-refractivity contribution in [1.29, 1.82) is 0 Å². The van der Waals surface area contributed by atoms with Crippen LogP contribution in [0.2, 0.25) is 0 Å². The maximum Gasteiger partial charge on any atom is 0.243 e. The first kappa shape index (κ1) is 18.1. The number of rotatable bonds is 5. The lowest BCUT2D eigenvalue weighted by molar-refractivity contribution is 0.270. The van der Waals surface area contributed by atoms with Crippen molar-refractivity contribution >= 4 is 10.0 Å². The molecule has 1 aliphatic rings. The average molecular weight is 362 g/mol. The third-order valence-electron chi connectivity index (χ3n) is 4.96. The molecule has 0 N–H and O–H groups in total. The number of hydrogen-bond acceptors (Lipinski definition) is 4. The summed E-state index contributed by atoms with van der Waals surface area (Å²) in [6.45, 7) is 7.31. The minimum Gasteiger partial charge on any atom is -0.314 e. The summed E-state index contributed by atoms with van der Waals surface area (Å²) in [4.78, 5) is 0.383. The summed E-state index contributed by atoms with van der Waals surface area (Å²) >= 11 is 0. The Hall–Kier alpha value is -1.73. The molecule has 1 aromatic heterocycles. The Morgan fingerprint density at radius 2 is 1.80 bits per heavy atom. The van der Waals surface area contributed by atoms with Gasteiger partial charge in [0.05, 0.1) is 4.90 Å². The first-order chi connectivity index (χ1) is 11.9. The molecule has 2 heterocycles. The number of aromatic nitrogens is 3. The topological polar surface area (TPSA) is 68.1 Å². The molecule has 0 aliphatic carbocycles. The van der Waals surface area contributed by atoms with E-state index in [1.807, 2.05) is 12.1 Å². The number of sulfonamides is 1. The highest BCUT2D eigenvalue weighted by atomic mass is 32.2. The van der Waals surface area contributed by atoms with Gasteiger partial charge in [0, 0.05) is 25.6 Å². The lowest BCUT2D eigenvalue weighted by atomic mass is 10.0. The fraction of sp³-hybridized carbons (Fsp3) is 0.556. The zero-order valence-electron chi connectivity index (χ0n) is 15.1. The van der Waals surface area contributed by atoms with Crippen LogP contribution in [0, 0.1) is 0 Å². The zero-order valence-corrected chi connectivity index (χ0v) is 15.9. The SMILES string of the molecule is CCc1nncn1C1CCN(S(=O)(=O)c2ccc(C(C)C)cc2)CC1. The second-order valence-corrected chi connectivity index (χ2v) is 8.80. The van der Waals surface area contributed by atoms with E-state index in [9.17, 15) is 8.42 Å². The maximum absolute atomic E-state index is 12.9. The third kappa shape index (κ3) is 3.62. The molecule has 0 radical (unpaired) electrons. The van der Waals surface area contributed by atoms with Crippen LogP contribution in [0.5, 0.6) is 0 Å². The van der Waals surface area contributed by atoms with Crippen LogP contribution >= 0.6 is 0 Å². The second-order valence-electron chi connectivity index (χ2n) is 6.87. The standard InChI is InChI=1S/C18H26N4O2S/c1-4-18-20-19-13-22(18)16-9-11-21(12-10-16)25(23,24)17-7-5-15(6-8-17)14(2)3/h5-8,13-14,16H,4,9-12H2,1-3H3. The Morgan fingerprint density at radius 3 is 2.36 bits per heavy atom. The van der Waals surface area contributed by atoms with Gasteiger partial charge in [-0.1, -0.05) is 32.9 Å². The molecule has 0 unspecified atom stereocenters. The van der Waals surface area contributed by atoms with Gasteiger partial charge >= 0.3 is 0 Å². The Labute approximate surface area is 149 Å². The molecule has 1 fully saturated rings. The molecule has 0 amide bonds. The van der Waals surface area contributed by atoms with Gasteiger partial charge < -0.3 is 4.57 Å². The molecule has 0 saturated carbocycles. The number of nitrogens with zero attached hydrogens (tertiary/aromatic N) is 4. The van der Waals surface area contributed by atoms with Gasteiger partial charge in [-0.2, -0.15) is 4.31 Å². The molecule has 25 heavy (non-hydrogen) atoms. The molecular formula is C18H26N4O2S. The number of benzene rings is 1. The van der Waals surface area contributed by atoms with Crippen LogP contribution in [-0.2, 0) is 16.4 Å². The molecule has 136 valence electrons. The van der Waals surface area contributed by atoms with E-state index >= 15 is 0 Å². The molecule has 1 saturated heterocycles. The first-order valence-electron chi connectivity index (χ1n) is 8.92. The fourth-order valence-electron chi connectivity index (χ4n) is 3.36. The van der Waals surface area contributed by atoms with Gasteiger partial charge in [0.2, 0.25) is 10.0 Å². The lowest BCUT2D eigenvalue weighted by Crippen LogP contribution is -2.39. The second kappa shape index (κ2) is 7.25. The molecule has 7 heteroatoms. The van der Waals surface area contributed by atoms with Gasteiger partial charge in [0.25, 0.3) is 0 Å². The average Bonchev–Trinajstić information content (AvgIpc) is 3.10. The lowest BCUT2D eigenvalue weighted by Gasteiger charge is -2.32. The summed E-state index contributed by atoms with van der Waals surface area (Å²) in [5.41, 5.74) is 1.15. The van der Waals surface area contributed by atoms with Crippen LogP contribution in [-0.4, -0.2) is 40.6 Å². The van der Waals surface area contributed by atoms with E-state index in [2.05, 4.69) is 35.5 Å². The van der Waals surface area contributed by atoms with E-state index in [1.54, 1.807) is 22.8 Å². The number of aryl methyl sites for hydroxylation is 1. The van der Waals surface area contributed by atoms with Crippen LogP contribution in [0.1, 0.15) is 57.0 Å². The van der Waals surface area contributed by atoms with Crippen molar-refractivity contribution in [3.8, 4) is 0 Å². The zero-order chi connectivity index (χ0) is 18.0. The van der Waals surface area contributed by atoms with Crippen molar-refractivity contribution in [2.75, 3.05) is 13.1 Å². The Kier molecular flexibility index (Phi) is 5.24. The number of piperidine rings is 1. The number of hydrogen-bond donors (Lipinski definition) is 0. The Balaban J connectivity index is 1.71. The van der Waals surface area contributed by atoms with Gasteiger partial charge in [-0.15, -0.1) is 10.2 Å². The molecule has 2 aromatic rings. The van der Waals surface area contributed by atoms with E-state index in [4.69, 9.17) is 0 Å². The quantitative estimate of drug-likeness (QED) is 0.820. The van der Waals surface area contributed by atoms with Gasteiger partial charge in [-0.05, 0) is 36.5 Å². The van der Waals surface area contributed by atoms with Crippen molar-refractivity contribution < 1.29 is 8.42 Å². The Bertz CT molecular complexity index is 804. The predicted molar refractivity (Wildman–Crippen MR) is 97.0 cm³/mol. The summed E-state index contributed by atoms with van der Waals surface area (Å²) < 4.78 is 29.5. The highest BCUT2D eigenvalue weighted by Gasteiger charge is 2.30. The summed E-state index contributed by atoms with van der Waals surface area (Å²) in [5.74, 6) is 1.36. The van der Waals surface area contributed by atoms with Crippen LogP contribution in [0.15, 0.2) is 35.5 Å². The van der Waals surface area contributed by atoms with Gasteiger partial charge in [-0.25, -0.2) is 8.42 Å². The molecule has 1 aromatic carbocycles. The van der Waals surface area contributed by atoms with Crippen LogP contribution in [0.25, 0.3) is 0 Å². The third-order valence-corrected chi connectivity index (χ3v) is 6.88. The summed E-state index contributed by atoms with van der Waals surface area (Å²) in [6.07, 6.45) is 4.17. The predicted octanol–water partition coefficient (Wildman–Crippen LogP) is 2.99. The summed E-state index contributed by atoms with van der Waals surface area (Å²) in [7, 11) is -3.42. The largest absolute Gasteiger partial charge is 0.314 e. The molecule has 0 spiro atoms. The smallest absolute Gasteiger partial charge is 0.243 e. The van der Waals surface area contributed by atoms with E-state index in [0.29, 0.717) is 23.9 Å². The first-order valence-corrected chi connectivity index (χ1v) is 10.4. The van der Waals surface area contributed by atoms with E-state index in [0.717, 1.165) is 30.7 Å². The molecule has 6 nitrogen and oxygen atoms in total. The minimum absolute atomic E-state index is 0.278. The van der Waals surface area contributed by atoms with Crippen LogP contribution < -0.4 is 0 Å². The molecule has 3 rings (SSSR count). The summed E-state index contributed by atoms with van der Waals surface area (Å²) in [6, 6.07) is 7.56. The Morgan fingerprint density at radius 1 is 1.16 bits per heavy atom. The fourth-order valence-corrected chi connectivity index (χ4v) is 4.83. The van der Waals surface area contributed by atoms with Crippen molar-refractivity contribution in [2.24, 2.45) is 0 Å². The van der Waals surface area contributed by atoms with Gasteiger partial charge in [0.1, 0.15) is 12.2 Å². The molecule has 1 aliphatic heterocycles. The highest BCUT2D eigenvalue weighted by molar-refractivity contribution is 7.89. The van der Waals surface area contributed by atoms with Crippen LogP contribution in [0.3, 0.4) is 0 Å². The van der Waals surface area contributed by atoms with Gasteiger partial charge in [0.15, 0.2) is 0 Å². The van der Waals surface area contributed by atoms with E-state index in [-0.39, 0.29) is 6.04 Å². The monoisotopic (exact) mass is 362 g/mol. The van der Waals surface area contributed by atoms with Crippen molar-refractivity contribution in [3.05, 3.63) is 42.0 Å². The normalized spacial score (nSPS) is 17.3. The highest BCUT2D eigenvalue weighted by Crippen LogP contribution is 2.28. The van der Waals surface area contributed by atoms with Crippen LogP contribution in [0.4, 0.5) is 0 Å². The van der Waals surface area contributed by atoms with Crippen molar-refractivity contribution in [1.82, 2.24) is 19.1 Å². The van der Waals surface area contributed by atoms with Crippen molar-refractivity contribution in [3.63, 3.8) is 0 Å². The molecular weight excluding hydrogens is 336 g/mol.